The van der Waals surface area contributed by atoms with Crippen molar-refractivity contribution in [2.24, 2.45) is 5.92 Å². The van der Waals surface area contributed by atoms with Gasteiger partial charge < -0.3 is 9.84 Å². The van der Waals surface area contributed by atoms with Gasteiger partial charge >= 0.3 is 0 Å². The van der Waals surface area contributed by atoms with E-state index < -0.39 is 10.0 Å². The summed E-state index contributed by atoms with van der Waals surface area (Å²) < 4.78 is 32.4. The molecular weight excluding hydrogens is 378 g/mol. The number of aromatic nitrogens is 1. The van der Waals surface area contributed by atoms with Gasteiger partial charge in [-0.25, -0.2) is 8.42 Å². The average Bonchev–Trinajstić information content (AvgIpc) is 3.00. The second kappa shape index (κ2) is 8.28. The van der Waals surface area contributed by atoms with Crippen LogP contribution in [-0.2, 0) is 14.8 Å². The second-order valence-corrected chi connectivity index (χ2v) is 9.12. The van der Waals surface area contributed by atoms with Crippen molar-refractivity contribution in [3.63, 3.8) is 0 Å². The Kier molecular flexibility index (Phi) is 6.00. The van der Waals surface area contributed by atoms with E-state index in [0.717, 1.165) is 18.4 Å². The van der Waals surface area contributed by atoms with E-state index >= 15 is 0 Å². The fourth-order valence-corrected chi connectivity index (χ4v) is 4.60. The Hall–Kier alpha value is -2.45. The molecule has 0 bridgehead atoms. The van der Waals surface area contributed by atoms with Crippen LogP contribution in [0, 0.1) is 12.8 Å². The summed E-state index contributed by atoms with van der Waals surface area (Å²) in [7, 11) is -3.45. The van der Waals surface area contributed by atoms with E-state index in [-0.39, 0.29) is 5.91 Å². The van der Waals surface area contributed by atoms with Crippen LogP contribution in [0.5, 0.6) is 0 Å². The number of hydrogen-bond acceptors (Lipinski definition) is 5. The number of nitrogens with zero attached hydrogens (tertiary/aromatic N) is 2. The average molecular weight is 404 g/mol. The summed E-state index contributed by atoms with van der Waals surface area (Å²) in [6, 6.07) is 6.73. The molecule has 0 aliphatic carbocycles. The molecule has 0 unspecified atom stereocenters. The van der Waals surface area contributed by atoms with Gasteiger partial charge in [0.25, 0.3) is 0 Å². The molecule has 1 fully saturated rings. The number of carbonyl (C=O) groups is 1. The summed E-state index contributed by atoms with van der Waals surface area (Å²) in [5.41, 5.74) is 1.93. The Morgan fingerprint density at radius 3 is 2.46 bits per heavy atom. The van der Waals surface area contributed by atoms with Crippen molar-refractivity contribution in [3.05, 3.63) is 41.3 Å². The standard InChI is InChI=1S/C20H25N3O4S/c1-14-10-12-23(13-11-14)28(25,26)18-7-4-17(5-8-18)6-9-19-20(21-16(3)24)15(2)22-27-19/h4-9,14H,10-13H2,1-3H3,(H,21,24)/b9-6-. The molecule has 8 heteroatoms. The van der Waals surface area contributed by atoms with Crippen molar-refractivity contribution in [3.8, 4) is 0 Å². The molecule has 28 heavy (non-hydrogen) atoms. The van der Waals surface area contributed by atoms with E-state index in [9.17, 15) is 13.2 Å². The molecule has 1 aromatic carbocycles. The van der Waals surface area contributed by atoms with Crippen molar-refractivity contribution in [2.75, 3.05) is 18.4 Å². The van der Waals surface area contributed by atoms with E-state index in [4.69, 9.17) is 4.52 Å². The molecule has 150 valence electrons. The zero-order valence-electron chi connectivity index (χ0n) is 16.3. The molecule has 0 spiro atoms. The van der Waals surface area contributed by atoms with Gasteiger partial charge in [-0.3, -0.25) is 4.79 Å². The minimum Gasteiger partial charge on any atom is -0.354 e. The number of anilines is 1. The number of aryl methyl sites for hydroxylation is 1. The highest BCUT2D eigenvalue weighted by Gasteiger charge is 2.27. The molecule has 1 saturated heterocycles. The number of benzene rings is 1. The molecule has 7 nitrogen and oxygen atoms in total. The molecule has 3 rings (SSSR count). The summed E-state index contributed by atoms with van der Waals surface area (Å²) in [6.45, 7) is 6.46. The lowest BCUT2D eigenvalue weighted by molar-refractivity contribution is -0.114. The largest absolute Gasteiger partial charge is 0.354 e. The van der Waals surface area contributed by atoms with Gasteiger partial charge in [-0.15, -0.1) is 0 Å². The van der Waals surface area contributed by atoms with Gasteiger partial charge in [-0.2, -0.15) is 4.31 Å². The maximum atomic E-state index is 12.8. The molecule has 1 aliphatic heterocycles. The second-order valence-electron chi connectivity index (χ2n) is 7.18. The van der Waals surface area contributed by atoms with Gasteiger partial charge in [0.15, 0.2) is 5.76 Å². The SMILES string of the molecule is CC(=O)Nc1c(C)noc1/C=C\c1ccc(S(=O)(=O)N2CCC(C)CC2)cc1. The highest BCUT2D eigenvalue weighted by atomic mass is 32.2. The summed E-state index contributed by atoms with van der Waals surface area (Å²) in [5.74, 6) is 0.801. The minimum absolute atomic E-state index is 0.206. The minimum atomic E-state index is -3.45. The van der Waals surface area contributed by atoms with Crippen LogP contribution < -0.4 is 5.32 Å². The molecule has 0 atom stereocenters. The van der Waals surface area contributed by atoms with Crippen LogP contribution in [0.1, 0.15) is 43.7 Å². The molecule has 1 amide bonds. The summed E-state index contributed by atoms with van der Waals surface area (Å²) in [4.78, 5) is 11.6. The summed E-state index contributed by atoms with van der Waals surface area (Å²) >= 11 is 0. The topological polar surface area (TPSA) is 92.5 Å². The first-order valence-corrected chi connectivity index (χ1v) is 10.7. The van der Waals surface area contributed by atoms with Crippen LogP contribution in [0.3, 0.4) is 0 Å². The van der Waals surface area contributed by atoms with Crippen LogP contribution in [0.25, 0.3) is 12.2 Å². The number of carbonyl (C=O) groups excluding carboxylic acids is 1. The van der Waals surface area contributed by atoms with Crippen molar-refractivity contribution in [1.82, 2.24) is 9.46 Å². The smallest absolute Gasteiger partial charge is 0.243 e. The number of amides is 1. The Labute approximate surface area is 165 Å². The van der Waals surface area contributed by atoms with Crippen LogP contribution in [0.4, 0.5) is 5.69 Å². The zero-order valence-corrected chi connectivity index (χ0v) is 17.1. The van der Waals surface area contributed by atoms with E-state index in [0.29, 0.717) is 41.0 Å². The lowest BCUT2D eigenvalue weighted by atomic mass is 10.0. The first kappa shape index (κ1) is 20.3. The van der Waals surface area contributed by atoms with Crippen molar-refractivity contribution < 1.29 is 17.7 Å². The normalized spacial score (nSPS) is 16.5. The number of rotatable bonds is 5. The monoisotopic (exact) mass is 403 g/mol. The molecule has 1 aliphatic rings. The third-order valence-electron chi connectivity index (χ3n) is 4.88. The van der Waals surface area contributed by atoms with Gasteiger partial charge in [0.1, 0.15) is 11.4 Å². The van der Waals surface area contributed by atoms with Crippen LogP contribution in [0.15, 0.2) is 33.7 Å². The van der Waals surface area contributed by atoms with E-state index in [1.807, 2.05) is 0 Å². The predicted octanol–water partition coefficient (Wildman–Crippen LogP) is 3.53. The summed E-state index contributed by atoms with van der Waals surface area (Å²) in [6.07, 6.45) is 5.27. The molecule has 0 radical (unpaired) electrons. The quantitative estimate of drug-likeness (QED) is 0.824. The van der Waals surface area contributed by atoms with Crippen molar-refractivity contribution in [2.45, 2.75) is 38.5 Å². The highest BCUT2D eigenvalue weighted by Crippen LogP contribution is 2.25. The van der Waals surface area contributed by atoms with Gasteiger partial charge in [0.2, 0.25) is 15.9 Å². The summed E-state index contributed by atoms with van der Waals surface area (Å²) in [5, 5.41) is 6.55. The first-order chi connectivity index (χ1) is 13.3. The van der Waals surface area contributed by atoms with E-state index in [2.05, 4.69) is 17.4 Å². The maximum absolute atomic E-state index is 12.8. The van der Waals surface area contributed by atoms with Gasteiger partial charge in [-0.05, 0) is 49.5 Å². The fraction of sp³-hybridized carbons (Fsp3) is 0.400. The van der Waals surface area contributed by atoms with Crippen LogP contribution in [0.2, 0.25) is 0 Å². The van der Waals surface area contributed by atoms with Gasteiger partial charge in [0.05, 0.1) is 4.90 Å². The Bertz CT molecular complexity index is 969. The lowest BCUT2D eigenvalue weighted by Gasteiger charge is -2.29. The van der Waals surface area contributed by atoms with Crippen LogP contribution >= 0.6 is 0 Å². The lowest BCUT2D eigenvalue weighted by Crippen LogP contribution is -2.37. The van der Waals surface area contributed by atoms with Crippen LogP contribution in [-0.4, -0.2) is 36.9 Å². The number of hydrogen-bond donors (Lipinski definition) is 1. The molecule has 2 heterocycles. The van der Waals surface area contributed by atoms with Gasteiger partial charge in [-0.1, -0.05) is 30.3 Å². The van der Waals surface area contributed by atoms with Gasteiger partial charge in [0, 0.05) is 20.0 Å². The maximum Gasteiger partial charge on any atom is 0.243 e. The third kappa shape index (κ3) is 4.51. The Morgan fingerprint density at radius 2 is 1.86 bits per heavy atom. The molecule has 2 aromatic rings. The third-order valence-corrected chi connectivity index (χ3v) is 6.79. The first-order valence-electron chi connectivity index (χ1n) is 9.29. The highest BCUT2D eigenvalue weighted by molar-refractivity contribution is 7.89. The van der Waals surface area contributed by atoms with E-state index in [1.165, 1.54) is 6.92 Å². The number of piperidine rings is 1. The molecule has 1 N–H and O–H groups in total. The molecule has 1 aromatic heterocycles. The number of sulfonamides is 1. The molecular formula is C20H25N3O4S. The Balaban J connectivity index is 1.75. The van der Waals surface area contributed by atoms with Crippen molar-refractivity contribution >= 4 is 33.8 Å². The Morgan fingerprint density at radius 1 is 1.21 bits per heavy atom. The fourth-order valence-electron chi connectivity index (χ4n) is 3.13. The number of nitrogens with one attached hydrogen (secondary N) is 1. The van der Waals surface area contributed by atoms with Crippen molar-refractivity contribution in [1.29, 1.82) is 0 Å². The van der Waals surface area contributed by atoms with E-state index in [1.54, 1.807) is 47.6 Å². The predicted molar refractivity (Wildman–Crippen MR) is 108 cm³/mol. The molecule has 0 saturated carbocycles. The zero-order chi connectivity index (χ0) is 20.3.